The Kier molecular flexibility index (Phi) is 3.65. The molecule has 0 aliphatic carbocycles. The van der Waals surface area contributed by atoms with E-state index >= 15 is 0 Å². The summed E-state index contributed by atoms with van der Waals surface area (Å²) in [6.45, 7) is 11.5. The van der Waals surface area contributed by atoms with Crippen LogP contribution < -0.4 is 4.90 Å². The van der Waals surface area contributed by atoms with Crippen molar-refractivity contribution in [3.05, 3.63) is 24.8 Å². The van der Waals surface area contributed by atoms with Crippen LogP contribution in [-0.2, 0) is 7.05 Å². The number of rotatable bonds is 2. The Morgan fingerprint density at radius 1 is 1.08 bits per heavy atom. The first kappa shape index (κ1) is 16.5. The number of piperidine rings is 1. The predicted molar refractivity (Wildman–Crippen MR) is 104 cm³/mol. The molecule has 25 heavy (non-hydrogen) atoms. The van der Waals surface area contributed by atoms with Gasteiger partial charge in [-0.2, -0.15) is 5.10 Å². The van der Waals surface area contributed by atoms with Gasteiger partial charge in [-0.05, 0) is 23.3 Å². The second-order valence-corrected chi connectivity index (χ2v) is 9.84. The molecule has 0 atom stereocenters. The van der Waals surface area contributed by atoms with Crippen molar-refractivity contribution in [1.82, 2.24) is 19.7 Å². The zero-order chi connectivity index (χ0) is 17.8. The molecule has 3 aromatic heterocycles. The smallest absolute Gasteiger partial charge is 0.150 e. The summed E-state index contributed by atoms with van der Waals surface area (Å²) >= 11 is 1.76. The Morgan fingerprint density at radius 3 is 2.44 bits per heavy atom. The Balaban J connectivity index is 1.78. The SMILES string of the molecule is Cn1cc(-c2cc3ncnc(N4CC(C)(C)CC(C)(C)C4)c3s2)cn1. The molecule has 4 heterocycles. The van der Waals surface area contributed by atoms with Crippen molar-refractivity contribution >= 4 is 27.4 Å². The second-order valence-electron chi connectivity index (χ2n) is 8.79. The topological polar surface area (TPSA) is 46.8 Å². The third-order valence-corrected chi connectivity index (χ3v) is 5.95. The lowest BCUT2D eigenvalue weighted by Gasteiger charge is -2.47. The molecular weight excluding hydrogens is 330 g/mol. The molecule has 0 amide bonds. The van der Waals surface area contributed by atoms with Crippen molar-refractivity contribution in [3.63, 3.8) is 0 Å². The first-order valence-corrected chi connectivity index (χ1v) is 9.53. The number of anilines is 1. The highest BCUT2D eigenvalue weighted by atomic mass is 32.1. The maximum atomic E-state index is 4.68. The van der Waals surface area contributed by atoms with Crippen molar-refractivity contribution in [1.29, 1.82) is 0 Å². The van der Waals surface area contributed by atoms with Crippen LogP contribution in [0, 0.1) is 10.8 Å². The zero-order valence-corrected chi connectivity index (χ0v) is 16.4. The number of hydrogen-bond donors (Lipinski definition) is 0. The molecule has 0 spiro atoms. The maximum Gasteiger partial charge on any atom is 0.150 e. The number of nitrogens with zero attached hydrogens (tertiary/aromatic N) is 5. The highest BCUT2D eigenvalue weighted by Gasteiger charge is 2.38. The van der Waals surface area contributed by atoms with Crippen LogP contribution in [0.3, 0.4) is 0 Å². The Hall–Kier alpha value is -1.95. The number of aromatic nitrogens is 4. The third kappa shape index (κ3) is 3.15. The van der Waals surface area contributed by atoms with Crippen molar-refractivity contribution < 1.29 is 0 Å². The minimum absolute atomic E-state index is 0.280. The fourth-order valence-corrected chi connectivity index (χ4v) is 5.51. The van der Waals surface area contributed by atoms with Crippen molar-refractivity contribution in [2.45, 2.75) is 34.1 Å². The van der Waals surface area contributed by atoms with Gasteiger partial charge in [-0.1, -0.05) is 27.7 Å². The van der Waals surface area contributed by atoms with Crippen molar-refractivity contribution in [2.24, 2.45) is 17.9 Å². The summed E-state index contributed by atoms with van der Waals surface area (Å²) in [7, 11) is 1.94. The van der Waals surface area contributed by atoms with E-state index < -0.39 is 0 Å². The van der Waals surface area contributed by atoms with Crippen LogP contribution in [0.2, 0.25) is 0 Å². The summed E-state index contributed by atoms with van der Waals surface area (Å²) in [5, 5.41) is 4.29. The molecule has 0 radical (unpaired) electrons. The van der Waals surface area contributed by atoms with Gasteiger partial charge in [-0.3, -0.25) is 4.68 Å². The van der Waals surface area contributed by atoms with Crippen LogP contribution in [-0.4, -0.2) is 32.8 Å². The summed E-state index contributed by atoms with van der Waals surface area (Å²) in [6, 6.07) is 2.16. The fraction of sp³-hybridized carbons (Fsp3) is 0.526. The van der Waals surface area contributed by atoms with E-state index in [4.69, 9.17) is 0 Å². The van der Waals surface area contributed by atoms with E-state index in [0.717, 1.165) is 30.0 Å². The fourth-order valence-electron chi connectivity index (χ4n) is 4.40. The Bertz CT molecular complexity index is 905. The van der Waals surface area contributed by atoms with Gasteiger partial charge in [0, 0.05) is 36.8 Å². The van der Waals surface area contributed by atoms with E-state index in [1.165, 1.54) is 16.0 Å². The van der Waals surface area contributed by atoms with Gasteiger partial charge in [-0.25, -0.2) is 9.97 Å². The van der Waals surface area contributed by atoms with E-state index in [2.05, 4.69) is 53.7 Å². The maximum absolute atomic E-state index is 4.68. The average Bonchev–Trinajstić information content (AvgIpc) is 3.09. The van der Waals surface area contributed by atoms with Gasteiger partial charge in [0.05, 0.1) is 16.4 Å². The molecule has 132 valence electrons. The van der Waals surface area contributed by atoms with Crippen LogP contribution in [0.25, 0.3) is 20.7 Å². The molecule has 5 nitrogen and oxygen atoms in total. The van der Waals surface area contributed by atoms with Crippen molar-refractivity contribution in [3.8, 4) is 10.4 Å². The van der Waals surface area contributed by atoms with E-state index in [0.29, 0.717) is 0 Å². The minimum Gasteiger partial charge on any atom is -0.354 e. The highest BCUT2D eigenvalue weighted by Crippen LogP contribution is 2.43. The molecule has 0 unspecified atom stereocenters. The largest absolute Gasteiger partial charge is 0.354 e. The van der Waals surface area contributed by atoms with E-state index in [1.54, 1.807) is 17.7 Å². The zero-order valence-electron chi connectivity index (χ0n) is 15.6. The first-order valence-electron chi connectivity index (χ1n) is 8.71. The number of aryl methyl sites for hydroxylation is 1. The van der Waals surface area contributed by atoms with Gasteiger partial charge in [0.25, 0.3) is 0 Å². The van der Waals surface area contributed by atoms with E-state index in [9.17, 15) is 0 Å². The lowest BCUT2D eigenvalue weighted by Crippen LogP contribution is -2.48. The predicted octanol–water partition coefficient (Wildman–Crippen LogP) is 4.35. The van der Waals surface area contributed by atoms with Gasteiger partial charge in [-0.15, -0.1) is 11.3 Å². The Labute approximate surface area is 152 Å². The molecule has 1 fully saturated rings. The molecule has 1 aliphatic rings. The van der Waals surface area contributed by atoms with Gasteiger partial charge in [0.15, 0.2) is 0 Å². The molecule has 0 N–H and O–H groups in total. The minimum atomic E-state index is 0.280. The summed E-state index contributed by atoms with van der Waals surface area (Å²) in [5.41, 5.74) is 2.72. The van der Waals surface area contributed by atoms with Gasteiger partial charge >= 0.3 is 0 Å². The molecular formula is C19H25N5S. The molecule has 0 saturated carbocycles. The van der Waals surface area contributed by atoms with Crippen LogP contribution in [0.15, 0.2) is 24.8 Å². The highest BCUT2D eigenvalue weighted by molar-refractivity contribution is 7.22. The van der Waals surface area contributed by atoms with Crippen LogP contribution >= 0.6 is 11.3 Å². The Morgan fingerprint density at radius 2 is 1.80 bits per heavy atom. The standard InChI is InChI=1S/C19H25N5S/c1-18(2)9-19(3,4)11-24(10-18)17-16-14(20-12-21-17)6-15(25-16)13-7-22-23(5)8-13/h6-8,12H,9-11H2,1-5H3. The summed E-state index contributed by atoms with van der Waals surface area (Å²) in [5.74, 6) is 1.07. The van der Waals surface area contributed by atoms with E-state index in [-0.39, 0.29) is 10.8 Å². The molecule has 4 rings (SSSR count). The summed E-state index contributed by atoms with van der Waals surface area (Å²) < 4.78 is 3.01. The lowest BCUT2D eigenvalue weighted by molar-refractivity contribution is 0.159. The second kappa shape index (κ2) is 5.53. The van der Waals surface area contributed by atoms with Crippen LogP contribution in [0.1, 0.15) is 34.1 Å². The lowest BCUT2D eigenvalue weighted by atomic mass is 9.71. The molecule has 3 aromatic rings. The normalized spacial score (nSPS) is 19.5. The number of thiophene rings is 1. The first-order chi connectivity index (χ1) is 11.7. The summed E-state index contributed by atoms with van der Waals surface area (Å²) in [6.07, 6.45) is 6.89. The monoisotopic (exact) mass is 355 g/mol. The van der Waals surface area contributed by atoms with Gasteiger partial charge in [0.2, 0.25) is 0 Å². The summed E-state index contributed by atoms with van der Waals surface area (Å²) in [4.78, 5) is 12.8. The molecule has 1 saturated heterocycles. The van der Waals surface area contributed by atoms with Crippen LogP contribution in [0.5, 0.6) is 0 Å². The number of fused-ring (bicyclic) bond motifs is 1. The van der Waals surface area contributed by atoms with E-state index in [1.807, 2.05) is 24.1 Å². The molecule has 0 bridgehead atoms. The molecule has 1 aliphatic heterocycles. The quantitative estimate of drug-likeness (QED) is 0.685. The van der Waals surface area contributed by atoms with Gasteiger partial charge in [0.1, 0.15) is 12.1 Å². The third-order valence-electron chi connectivity index (χ3n) is 4.78. The average molecular weight is 356 g/mol. The number of hydrogen-bond acceptors (Lipinski definition) is 5. The van der Waals surface area contributed by atoms with Gasteiger partial charge < -0.3 is 4.90 Å². The van der Waals surface area contributed by atoms with Crippen LogP contribution in [0.4, 0.5) is 5.82 Å². The molecule has 6 heteroatoms. The van der Waals surface area contributed by atoms with Crippen molar-refractivity contribution in [2.75, 3.05) is 18.0 Å². The molecule has 0 aromatic carbocycles.